The van der Waals surface area contributed by atoms with Crippen LogP contribution in [0.4, 0.5) is 8.78 Å². The minimum Gasteiger partial charge on any atom is -0.495 e. The minimum atomic E-state index is -4.00. The molecule has 2 aromatic carbocycles. The van der Waals surface area contributed by atoms with E-state index in [4.69, 9.17) is 9.47 Å². The number of sulfonamides is 1. The molecule has 1 aliphatic heterocycles. The van der Waals surface area contributed by atoms with E-state index in [2.05, 4.69) is 10.6 Å². The molecule has 1 fully saturated rings. The molecule has 0 aliphatic carbocycles. The number of morpholine rings is 1. The van der Waals surface area contributed by atoms with Crippen molar-refractivity contribution in [3.05, 3.63) is 59.2 Å². The number of carbonyl (C=O) groups excluding carboxylic acids is 2. The topological polar surface area (TPSA) is 114 Å². The zero-order chi connectivity index (χ0) is 24.2. The van der Waals surface area contributed by atoms with E-state index in [0.29, 0.717) is 0 Å². The molecule has 1 aliphatic rings. The highest BCUT2D eigenvalue weighted by atomic mass is 32.2. The summed E-state index contributed by atoms with van der Waals surface area (Å²) >= 11 is 0. The van der Waals surface area contributed by atoms with E-state index in [1.807, 2.05) is 0 Å². The first-order valence-electron chi connectivity index (χ1n) is 9.92. The maximum atomic E-state index is 13.7. The molecule has 0 aromatic heterocycles. The Morgan fingerprint density at radius 3 is 2.39 bits per heavy atom. The van der Waals surface area contributed by atoms with Crippen molar-refractivity contribution in [2.45, 2.75) is 10.9 Å². The van der Waals surface area contributed by atoms with Gasteiger partial charge in [0.25, 0.3) is 5.91 Å². The number of nitrogens with one attached hydrogen (secondary N) is 2. The summed E-state index contributed by atoms with van der Waals surface area (Å²) in [5, 5.41) is 4.78. The number of halogens is 2. The molecule has 1 atom stereocenters. The second-order valence-electron chi connectivity index (χ2n) is 7.08. The van der Waals surface area contributed by atoms with E-state index in [9.17, 15) is 26.8 Å². The van der Waals surface area contributed by atoms with E-state index in [1.165, 1.54) is 36.7 Å². The van der Waals surface area contributed by atoms with Crippen LogP contribution in [0.15, 0.2) is 41.3 Å². The molecule has 0 saturated carbocycles. The van der Waals surface area contributed by atoms with Crippen LogP contribution < -0.4 is 15.4 Å². The lowest BCUT2D eigenvalue weighted by Gasteiger charge is -2.27. The fraction of sp³-hybridized carbons (Fsp3) is 0.333. The molecule has 178 valence electrons. The van der Waals surface area contributed by atoms with Crippen molar-refractivity contribution in [1.82, 2.24) is 14.9 Å². The number of carbonyl (C=O) groups is 2. The third-order valence-electron chi connectivity index (χ3n) is 5.07. The summed E-state index contributed by atoms with van der Waals surface area (Å²) in [6.07, 6.45) is 0. The van der Waals surface area contributed by atoms with E-state index >= 15 is 0 Å². The molecule has 2 N–H and O–H groups in total. The third-order valence-corrected chi connectivity index (χ3v) is 6.99. The average Bonchev–Trinajstić information content (AvgIpc) is 2.83. The highest BCUT2D eigenvalue weighted by molar-refractivity contribution is 7.89. The van der Waals surface area contributed by atoms with Crippen molar-refractivity contribution < 1.29 is 36.3 Å². The number of hydrogen-bond acceptors (Lipinski definition) is 6. The van der Waals surface area contributed by atoms with Crippen molar-refractivity contribution in [3.63, 3.8) is 0 Å². The monoisotopic (exact) mass is 483 g/mol. The Balaban J connectivity index is 1.94. The molecule has 1 heterocycles. The predicted octanol–water partition coefficient (Wildman–Crippen LogP) is 1.21. The van der Waals surface area contributed by atoms with Crippen LogP contribution in [-0.2, 0) is 19.6 Å². The van der Waals surface area contributed by atoms with Crippen LogP contribution in [0.5, 0.6) is 5.75 Å². The van der Waals surface area contributed by atoms with Gasteiger partial charge in [-0.3, -0.25) is 9.59 Å². The third kappa shape index (κ3) is 5.29. The number of amides is 2. The summed E-state index contributed by atoms with van der Waals surface area (Å²) in [7, 11) is -1.37. The molecule has 3 rings (SSSR count). The smallest absolute Gasteiger partial charge is 0.252 e. The summed E-state index contributed by atoms with van der Waals surface area (Å²) < 4.78 is 64.9. The molecule has 2 amide bonds. The van der Waals surface area contributed by atoms with Gasteiger partial charge in [-0.2, -0.15) is 4.31 Å². The number of benzene rings is 2. The van der Waals surface area contributed by atoms with Crippen LogP contribution in [0.2, 0.25) is 0 Å². The fourth-order valence-electron chi connectivity index (χ4n) is 3.30. The summed E-state index contributed by atoms with van der Waals surface area (Å²) in [5.41, 5.74) is -0.0598. The van der Waals surface area contributed by atoms with Gasteiger partial charge in [-0.25, -0.2) is 17.2 Å². The van der Waals surface area contributed by atoms with Gasteiger partial charge in [0, 0.05) is 25.7 Å². The van der Waals surface area contributed by atoms with Gasteiger partial charge in [-0.05, 0) is 35.9 Å². The van der Waals surface area contributed by atoms with E-state index < -0.39 is 39.5 Å². The average molecular weight is 483 g/mol. The molecule has 0 radical (unpaired) electrons. The number of likely N-dealkylation sites (N-methyl/N-ethyl adjacent to an activating group) is 1. The second kappa shape index (κ2) is 10.2. The molecule has 1 saturated heterocycles. The Bertz CT molecular complexity index is 1150. The minimum absolute atomic E-state index is 0.0104. The van der Waals surface area contributed by atoms with Gasteiger partial charge in [0.05, 0.1) is 20.3 Å². The van der Waals surface area contributed by atoms with E-state index in [1.54, 1.807) is 0 Å². The van der Waals surface area contributed by atoms with Gasteiger partial charge in [0.2, 0.25) is 15.9 Å². The molecule has 12 heteroatoms. The van der Waals surface area contributed by atoms with E-state index in [-0.39, 0.29) is 48.1 Å². The first kappa shape index (κ1) is 24.6. The van der Waals surface area contributed by atoms with Gasteiger partial charge >= 0.3 is 0 Å². The molecular formula is C21H23F2N3O6S. The van der Waals surface area contributed by atoms with Crippen molar-refractivity contribution in [1.29, 1.82) is 0 Å². The largest absolute Gasteiger partial charge is 0.495 e. The zero-order valence-electron chi connectivity index (χ0n) is 17.9. The van der Waals surface area contributed by atoms with Crippen LogP contribution in [0.1, 0.15) is 22.0 Å². The highest BCUT2D eigenvalue weighted by Crippen LogP contribution is 2.29. The fourth-order valence-corrected chi connectivity index (χ4v) is 4.89. The zero-order valence-corrected chi connectivity index (χ0v) is 18.7. The van der Waals surface area contributed by atoms with Crippen molar-refractivity contribution in [2.24, 2.45) is 0 Å². The summed E-state index contributed by atoms with van der Waals surface area (Å²) in [6.45, 7) is 0.779. The number of methoxy groups -OCH3 is 1. The highest BCUT2D eigenvalue weighted by Gasteiger charge is 2.31. The van der Waals surface area contributed by atoms with E-state index in [0.717, 1.165) is 18.2 Å². The predicted molar refractivity (Wildman–Crippen MR) is 113 cm³/mol. The van der Waals surface area contributed by atoms with Crippen molar-refractivity contribution in [3.8, 4) is 5.75 Å². The van der Waals surface area contributed by atoms with Gasteiger partial charge in [-0.15, -0.1) is 0 Å². The lowest BCUT2D eigenvalue weighted by Crippen LogP contribution is -2.41. The van der Waals surface area contributed by atoms with Crippen LogP contribution in [0.25, 0.3) is 0 Å². The Kier molecular flexibility index (Phi) is 7.61. The van der Waals surface area contributed by atoms with Gasteiger partial charge < -0.3 is 20.1 Å². The Morgan fingerprint density at radius 1 is 1.09 bits per heavy atom. The van der Waals surface area contributed by atoms with Gasteiger partial charge in [0.15, 0.2) is 11.6 Å². The SMILES string of the molecule is CNC(=O)C(NC(=O)c1ccc(OC)c(S(=O)(=O)N2CCOCC2)c1)c1ccc(F)c(F)c1. The molecule has 0 bridgehead atoms. The molecule has 9 nitrogen and oxygen atoms in total. The Labute approximate surface area is 189 Å². The standard InChI is InChI=1S/C21H23F2N3O6S/c1-24-21(28)19(13-3-5-15(22)16(23)11-13)25-20(27)14-4-6-17(31-2)18(12-14)33(29,30)26-7-9-32-10-8-26/h3-6,11-12,19H,7-10H2,1-2H3,(H,24,28)(H,25,27). The summed E-state index contributed by atoms with van der Waals surface area (Å²) in [5.74, 6) is -3.72. The van der Waals surface area contributed by atoms with Crippen molar-refractivity contribution >= 4 is 21.8 Å². The number of ether oxygens (including phenoxy) is 2. The molecule has 1 unspecified atom stereocenters. The van der Waals surface area contributed by atoms with Crippen LogP contribution in [0, 0.1) is 11.6 Å². The second-order valence-corrected chi connectivity index (χ2v) is 8.98. The summed E-state index contributed by atoms with van der Waals surface area (Å²) in [6, 6.07) is 5.27. The van der Waals surface area contributed by atoms with Crippen molar-refractivity contribution in [2.75, 3.05) is 40.5 Å². The molecule has 0 spiro atoms. The first-order chi connectivity index (χ1) is 15.7. The number of rotatable bonds is 7. The molecule has 2 aromatic rings. The number of hydrogen-bond donors (Lipinski definition) is 2. The van der Waals surface area contributed by atoms with Crippen LogP contribution in [0.3, 0.4) is 0 Å². The molecule has 33 heavy (non-hydrogen) atoms. The Morgan fingerprint density at radius 2 is 1.79 bits per heavy atom. The molecular weight excluding hydrogens is 460 g/mol. The number of nitrogens with zero attached hydrogens (tertiary/aromatic N) is 1. The summed E-state index contributed by atoms with van der Waals surface area (Å²) in [4.78, 5) is 25.0. The van der Waals surface area contributed by atoms with Gasteiger partial charge in [0.1, 0.15) is 16.7 Å². The normalized spacial score (nSPS) is 15.5. The van der Waals surface area contributed by atoms with Crippen LogP contribution >= 0.6 is 0 Å². The quantitative estimate of drug-likeness (QED) is 0.612. The van der Waals surface area contributed by atoms with Gasteiger partial charge in [-0.1, -0.05) is 6.07 Å². The first-order valence-corrected chi connectivity index (χ1v) is 11.4. The lowest BCUT2D eigenvalue weighted by atomic mass is 10.0. The maximum Gasteiger partial charge on any atom is 0.252 e. The Hall–Kier alpha value is -3.09. The lowest BCUT2D eigenvalue weighted by molar-refractivity contribution is -0.122. The maximum absolute atomic E-state index is 13.7. The van der Waals surface area contributed by atoms with Crippen LogP contribution in [-0.4, -0.2) is 65.0 Å².